The predicted molar refractivity (Wildman–Crippen MR) is 53.0 cm³/mol. The minimum atomic E-state index is 1.24. The monoisotopic (exact) mass is 158 g/mol. The van der Waals surface area contributed by atoms with Crippen molar-refractivity contribution < 1.29 is 0 Å². The molecule has 0 aromatic heterocycles. The van der Waals surface area contributed by atoms with Crippen molar-refractivity contribution in [1.82, 2.24) is 0 Å². The van der Waals surface area contributed by atoms with Crippen LogP contribution < -0.4 is 0 Å². The predicted octanol–water partition coefficient (Wildman–Crippen LogP) is 3.43. The van der Waals surface area contributed by atoms with Gasteiger partial charge in [0.15, 0.2) is 0 Å². The lowest BCUT2D eigenvalue weighted by Crippen LogP contribution is -1.91. The molecule has 0 atom stereocenters. The first-order valence-corrected chi connectivity index (χ1v) is 4.71. The Bertz CT molecular complexity index is 284. The molecule has 0 saturated carbocycles. The van der Waals surface area contributed by atoms with Crippen molar-refractivity contribution in [2.45, 2.75) is 25.7 Å². The molecule has 1 aromatic rings. The maximum Gasteiger partial charge on any atom is -0.0228 e. The summed E-state index contributed by atoms with van der Waals surface area (Å²) in [6.07, 6.45) is 9.72. The Hall–Kier alpha value is -1.04. The van der Waals surface area contributed by atoms with E-state index in [0.29, 0.717) is 0 Å². The smallest absolute Gasteiger partial charge is 0.0228 e. The second-order valence-corrected chi connectivity index (χ2v) is 3.35. The Morgan fingerprint density at radius 2 is 1.92 bits per heavy atom. The summed E-state index contributed by atoms with van der Waals surface area (Å²) in [5.41, 5.74) is 2.92. The van der Waals surface area contributed by atoms with Crippen molar-refractivity contribution in [1.29, 1.82) is 0 Å². The molecule has 0 N–H and O–H groups in total. The quantitative estimate of drug-likeness (QED) is 0.542. The van der Waals surface area contributed by atoms with Crippen molar-refractivity contribution in [3.63, 3.8) is 0 Å². The number of aryl methyl sites for hydroxylation is 1. The second-order valence-electron chi connectivity index (χ2n) is 3.35. The van der Waals surface area contributed by atoms with Crippen LogP contribution in [0.25, 0.3) is 6.08 Å². The van der Waals surface area contributed by atoms with Gasteiger partial charge in [-0.2, -0.15) is 0 Å². The Morgan fingerprint density at radius 3 is 2.92 bits per heavy atom. The molecular weight excluding hydrogens is 144 g/mol. The zero-order valence-corrected chi connectivity index (χ0v) is 7.29. The number of allylic oxidation sites excluding steroid dienone is 1. The molecule has 1 aromatic carbocycles. The van der Waals surface area contributed by atoms with Crippen LogP contribution in [0.15, 0.2) is 30.3 Å². The van der Waals surface area contributed by atoms with Crippen LogP contribution in [-0.4, -0.2) is 0 Å². The molecule has 0 unspecified atom stereocenters. The van der Waals surface area contributed by atoms with E-state index in [1.807, 2.05) is 0 Å². The van der Waals surface area contributed by atoms with Gasteiger partial charge >= 0.3 is 0 Å². The van der Waals surface area contributed by atoms with Crippen LogP contribution in [0.5, 0.6) is 0 Å². The number of fused-ring (bicyclic) bond motifs is 1. The fourth-order valence-electron chi connectivity index (χ4n) is 1.71. The number of rotatable bonds is 0. The minimum absolute atomic E-state index is 1.24. The Morgan fingerprint density at radius 1 is 1.00 bits per heavy atom. The summed E-state index contributed by atoms with van der Waals surface area (Å²) in [5, 5.41) is 0. The van der Waals surface area contributed by atoms with Gasteiger partial charge in [-0.15, -0.1) is 0 Å². The summed E-state index contributed by atoms with van der Waals surface area (Å²) in [4.78, 5) is 0. The summed E-state index contributed by atoms with van der Waals surface area (Å²) in [6, 6.07) is 8.70. The second kappa shape index (κ2) is 3.57. The average molecular weight is 158 g/mol. The van der Waals surface area contributed by atoms with Crippen molar-refractivity contribution in [3.05, 3.63) is 41.5 Å². The van der Waals surface area contributed by atoms with Crippen LogP contribution in [0.3, 0.4) is 0 Å². The van der Waals surface area contributed by atoms with E-state index in [2.05, 4.69) is 36.4 Å². The molecule has 0 amide bonds. The average Bonchev–Trinajstić information content (AvgIpc) is 2.06. The zero-order chi connectivity index (χ0) is 8.23. The van der Waals surface area contributed by atoms with Gasteiger partial charge in [-0.25, -0.2) is 0 Å². The molecule has 62 valence electrons. The van der Waals surface area contributed by atoms with Crippen molar-refractivity contribution in [2.24, 2.45) is 0 Å². The Balaban J connectivity index is 2.36. The maximum atomic E-state index is 2.29. The first-order chi connectivity index (χ1) is 5.97. The fraction of sp³-hybridized carbons (Fsp3) is 0.333. The molecule has 0 spiro atoms. The lowest BCUT2D eigenvalue weighted by molar-refractivity contribution is 0.743. The van der Waals surface area contributed by atoms with Crippen molar-refractivity contribution >= 4 is 6.08 Å². The van der Waals surface area contributed by atoms with Gasteiger partial charge in [-0.05, 0) is 36.8 Å². The molecule has 0 aliphatic heterocycles. The van der Waals surface area contributed by atoms with E-state index in [-0.39, 0.29) is 0 Å². The molecular formula is C12H14. The van der Waals surface area contributed by atoms with Crippen LogP contribution in [-0.2, 0) is 6.42 Å². The molecule has 0 fully saturated rings. The van der Waals surface area contributed by atoms with E-state index in [1.54, 1.807) is 0 Å². The van der Waals surface area contributed by atoms with Crippen molar-refractivity contribution in [2.75, 3.05) is 0 Å². The molecule has 0 bridgehead atoms. The standard InChI is InChI=1S/C12H14/c1-2-4-8-12-10-6-5-9-11(12)7-3-1/h3,5-7,9-10H,1-2,4,8H2/b7-3-. The van der Waals surface area contributed by atoms with Gasteiger partial charge in [0, 0.05) is 0 Å². The van der Waals surface area contributed by atoms with E-state index in [9.17, 15) is 0 Å². The Kier molecular flexibility index (Phi) is 2.26. The van der Waals surface area contributed by atoms with Gasteiger partial charge in [0.05, 0.1) is 0 Å². The van der Waals surface area contributed by atoms with Gasteiger partial charge in [0.25, 0.3) is 0 Å². The summed E-state index contributed by atoms with van der Waals surface area (Å²) in [7, 11) is 0. The van der Waals surface area contributed by atoms with E-state index in [1.165, 1.54) is 36.8 Å². The van der Waals surface area contributed by atoms with Gasteiger partial charge in [-0.1, -0.05) is 36.4 Å². The lowest BCUT2D eigenvalue weighted by atomic mass is 9.98. The molecule has 0 heterocycles. The lowest BCUT2D eigenvalue weighted by Gasteiger charge is -2.07. The number of hydrogen-bond donors (Lipinski definition) is 0. The molecule has 1 aliphatic carbocycles. The summed E-state index contributed by atoms with van der Waals surface area (Å²) < 4.78 is 0. The van der Waals surface area contributed by atoms with Gasteiger partial charge in [0.1, 0.15) is 0 Å². The molecule has 0 saturated heterocycles. The summed E-state index contributed by atoms with van der Waals surface area (Å²) in [5.74, 6) is 0. The highest BCUT2D eigenvalue weighted by Crippen LogP contribution is 2.17. The molecule has 0 nitrogen and oxygen atoms in total. The first-order valence-electron chi connectivity index (χ1n) is 4.71. The van der Waals surface area contributed by atoms with Crippen LogP contribution in [0.1, 0.15) is 30.4 Å². The van der Waals surface area contributed by atoms with E-state index in [4.69, 9.17) is 0 Å². The van der Waals surface area contributed by atoms with Gasteiger partial charge in [0.2, 0.25) is 0 Å². The third-order valence-corrected chi connectivity index (χ3v) is 2.42. The van der Waals surface area contributed by atoms with Gasteiger partial charge < -0.3 is 0 Å². The normalized spacial score (nSPS) is 19.0. The van der Waals surface area contributed by atoms with Gasteiger partial charge in [-0.3, -0.25) is 0 Å². The molecule has 0 heteroatoms. The highest BCUT2D eigenvalue weighted by atomic mass is 14.1. The largest absolute Gasteiger partial charge is 0.0839 e. The SMILES string of the molecule is C1=C\c2ccccc2CCCC/1. The molecule has 1 aliphatic rings. The van der Waals surface area contributed by atoms with Crippen LogP contribution in [0.2, 0.25) is 0 Å². The zero-order valence-electron chi connectivity index (χ0n) is 7.29. The maximum absolute atomic E-state index is 2.29. The summed E-state index contributed by atoms with van der Waals surface area (Å²) in [6.45, 7) is 0. The Labute approximate surface area is 73.9 Å². The topological polar surface area (TPSA) is 0 Å². The fourth-order valence-corrected chi connectivity index (χ4v) is 1.71. The first kappa shape index (κ1) is 7.60. The molecule has 12 heavy (non-hydrogen) atoms. The third-order valence-electron chi connectivity index (χ3n) is 2.42. The van der Waals surface area contributed by atoms with E-state index in [0.717, 1.165) is 0 Å². The molecule has 0 radical (unpaired) electrons. The van der Waals surface area contributed by atoms with Crippen LogP contribution >= 0.6 is 0 Å². The molecule has 2 rings (SSSR count). The summed E-state index contributed by atoms with van der Waals surface area (Å²) >= 11 is 0. The van der Waals surface area contributed by atoms with Crippen molar-refractivity contribution in [3.8, 4) is 0 Å². The van der Waals surface area contributed by atoms with Crippen LogP contribution in [0.4, 0.5) is 0 Å². The van der Waals surface area contributed by atoms with E-state index >= 15 is 0 Å². The number of hydrogen-bond acceptors (Lipinski definition) is 0. The van der Waals surface area contributed by atoms with Crippen LogP contribution in [0, 0.1) is 0 Å². The minimum Gasteiger partial charge on any atom is -0.0839 e. The number of benzene rings is 1. The third kappa shape index (κ3) is 1.58. The van der Waals surface area contributed by atoms with E-state index < -0.39 is 0 Å². The highest BCUT2D eigenvalue weighted by molar-refractivity contribution is 5.53. The highest BCUT2D eigenvalue weighted by Gasteiger charge is 2.00.